The maximum atomic E-state index is 12.8. The van der Waals surface area contributed by atoms with E-state index < -0.39 is 11.5 Å². The average Bonchev–Trinajstić information content (AvgIpc) is 2.94. The van der Waals surface area contributed by atoms with Gasteiger partial charge in [0, 0.05) is 18.0 Å². The van der Waals surface area contributed by atoms with Gasteiger partial charge in [0.2, 0.25) is 0 Å². The van der Waals surface area contributed by atoms with Crippen molar-refractivity contribution in [3.8, 4) is 5.75 Å². The minimum Gasteiger partial charge on any atom is -0.497 e. The molecule has 6 heteroatoms. The zero-order valence-electron chi connectivity index (χ0n) is 16.7. The molecule has 1 aromatic rings. The minimum atomic E-state index is -0.565. The van der Waals surface area contributed by atoms with Crippen molar-refractivity contribution >= 4 is 12.1 Å². The van der Waals surface area contributed by atoms with E-state index in [4.69, 9.17) is 14.2 Å². The van der Waals surface area contributed by atoms with Crippen molar-refractivity contribution in [2.24, 2.45) is 5.92 Å². The second-order valence-corrected chi connectivity index (χ2v) is 8.35. The Kier molecular flexibility index (Phi) is 5.36. The number of piperidine rings is 1. The molecule has 0 aliphatic carbocycles. The van der Waals surface area contributed by atoms with E-state index in [0.29, 0.717) is 0 Å². The van der Waals surface area contributed by atoms with Crippen molar-refractivity contribution in [3.63, 3.8) is 0 Å². The Morgan fingerprint density at radius 1 is 1.07 bits per heavy atom. The normalized spacial score (nSPS) is 27.2. The second kappa shape index (κ2) is 7.41. The first kappa shape index (κ1) is 19.5. The van der Waals surface area contributed by atoms with Gasteiger partial charge < -0.3 is 19.1 Å². The van der Waals surface area contributed by atoms with Crippen LogP contribution in [0, 0.1) is 5.92 Å². The molecule has 0 aromatic heterocycles. The van der Waals surface area contributed by atoms with Crippen LogP contribution in [-0.2, 0) is 14.3 Å². The molecule has 0 saturated carbocycles. The average molecular weight is 375 g/mol. The predicted molar refractivity (Wildman–Crippen MR) is 101 cm³/mol. The highest BCUT2D eigenvalue weighted by molar-refractivity contribution is 5.78. The van der Waals surface area contributed by atoms with Crippen molar-refractivity contribution in [1.82, 2.24) is 4.90 Å². The zero-order valence-corrected chi connectivity index (χ0v) is 16.7. The molecule has 0 radical (unpaired) electrons. The monoisotopic (exact) mass is 375 g/mol. The van der Waals surface area contributed by atoms with Crippen LogP contribution in [0.25, 0.3) is 0 Å². The van der Waals surface area contributed by atoms with Gasteiger partial charge in [-0.1, -0.05) is 12.1 Å². The number of ether oxygens (including phenoxy) is 3. The summed E-state index contributed by atoms with van der Waals surface area (Å²) in [5.41, 5.74) is 0.511. The molecule has 27 heavy (non-hydrogen) atoms. The Morgan fingerprint density at radius 3 is 2.30 bits per heavy atom. The fourth-order valence-corrected chi connectivity index (χ4v) is 4.46. The first-order valence-electron chi connectivity index (χ1n) is 9.48. The van der Waals surface area contributed by atoms with E-state index in [1.165, 1.54) is 7.11 Å². The van der Waals surface area contributed by atoms with Gasteiger partial charge in [-0.3, -0.25) is 4.79 Å². The molecule has 2 bridgehead atoms. The third-order valence-electron chi connectivity index (χ3n) is 5.54. The summed E-state index contributed by atoms with van der Waals surface area (Å²) in [6.07, 6.45) is 2.06. The maximum Gasteiger partial charge on any atom is 0.410 e. The summed E-state index contributed by atoms with van der Waals surface area (Å²) in [4.78, 5) is 27.3. The number of methoxy groups -OCH3 is 2. The highest BCUT2D eigenvalue weighted by Gasteiger charge is 2.53. The van der Waals surface area contributed by atoms with Gasteiger partial charge in [0.25, 0.3) is 0 Å². The number of benzene rings is 1. The summed E-state index contributed by atoms with van der Waals surface area (Å²) in [6.45, 7) is 5.57. The van der Waals surface area contributed by atoms with Crippen molar-refractivity contribution in [3.05, 3.63) is 29.8 Å². The van der Waals surface area contributed by atoms with Crippen LogP contribution in [-0.4, -0.2) is 48.9 Å². The number of carbonyl (C=O) groups is 2. The number of hydrogen-bond acceptors (Lipinski definition) is 5. The van der Waals surface area contributed by atoms with E-state index >= 15 is 0 Å². The molecule has 6 nitrogen and oxygen atoms in total. The number of amides is 1. The van der Waals surface area contributed by atoms with E-state index in [9.17, 15) is 9.59 Å². The molecule has 2 saturated heterocycles. The van der Waals surface area contributed by atoms with Gasteiger partial charge in [0.1, 0.15) is 11.4 Å². The van der Waals surface area contributed by atoms with Gasteiger partial charge in [-0.2, -0.15) is 0 Å². The molecule has 1 unspecified atom stereocenters. The first-order valence-corrected chi connectivity index (χ1v) is 9.48. The number of rotatable bonds is 3. The fraction of sp³-hybridized carbons (Fsp3) is 0.619. The zero-order chi connectivity index (χ0) is 19.8. The van der Waals surface area contributed by atoms with E-state index in [1.54, 1.807) is 12.0 Å². The summed E-state index contributed by atoms with van der Waals surface area (Å²) in [7, 11) is 3.04. The SMILES string of the molecule is COC(=O)[C@@H]1C(c2ccc(OC)cc2)C[C@H]2CC[C@@H]1N2C(=O)OC(C)(C)C. The van der Waals surface area contributed by atoms with Gasteiger partial charge in [0.15, 0.2) is 0 Å². The Bertz CT molecular complexity index is 694. The number of hydrogen-bond donors (Lipinski definition) is 0. The smallest absolute Gasteiger partial charge is 0.410 e. The summed E-state index contributed by atoms with van der Waals surface area (Å²) in [5.74, 6) is 0.131. The number of nitrogens with zero attached hydrogens (tertiary/aromatic N) is 1. The van der Waals surface area contributed by atoms with Crippen LogP contribution in [0.3, 0.4) is 0 Å². The summed E-state index contributed by atoms with van der Waals surface area (Å²) in [6, 6.07) is 7.71. The summed E-state index contributed by atoms with van der Waals surface area (Å²) in [5, 5.41) is 0. The number of carbonyl (C=O) groups excluding carboxylic acids is 2. The Morgan fingerprint density at radius 2 is 1.74 bits per heavy atom. The predicted octanol–water partition coefficient (Wildman–Crippen LogP) is 3.74. The molecule has 0 N–H and O–H groups in total. The standard InChI is InChI=1S/C21H29NO5/c1-21(2,3)27-20(24)22-14-8-11-17(22)18(19(23)26-5)16(12-14)13-6-9-15(25-4)10-7-13/h6-7,9-10,14,16-18H,8,11-12H2,1-5H3/t14-,16?,17+,18-/m1/s1. The van der Waals surface area contributed by atoms with E-state index in [-0.39, 0.29) is 30.1 Å². The van der Waals surface area contributed by atoms with E-state index in [0.717, 1.165) is 30.6 Å². The number of fused-ring (bicyclic) bond motifs is 2. The Balaban J connectivity index is 1.90. The molecule has 2 aliphatic heterocycles. The molecular weight excluding hydrogens is 346 g/mol. The van der Waals surface area contributed by atoms with Crippen LogP contribution in [0.15, 0.2) is 24.3 Å². The van der Waals surface area contributed by atoms with Gasteiger partial charge >= 0.3 is 12.1 Å². The van der Waals surface area contributed by atoms with Crippen molar-refractivity contribution in [2.75, 3.05) is 14.2 Å². The van der Waals surface area contributed by atoms with Crippen LogP contribution in [0.1, 0.15) is 51.5 Å². The van der Waals surface area contributed by atoms with Crippen LogP contribution in [0.4, 0.5) is 4.79 Å². The van der Waals surface area contributed by atoms with Gasteiger partial charge in [-0.15, -0.1) is 0 Å². The molecule has 148 valence electrons. The Labute approximate surface area is 160 Å². The van der Waals surface area contributed by atoms with Gasteiger partial charge in [-0.05, 0) is 57.7 Å². The molecule has 2 heterocycles. The highest BCUT2D eigenvalue weighted by Crippen LogP contribution is 2.48. The molecule has 0 spiro atoms. The Hall–Kier alpha value is -2.24. The van der Waals surface area contributed by atoms with Crippen LogP contribution in [0.5, 0.6) is 5.75 Å². The van der Waals surface area contributed by atoms with Crippen LogP contribution >= 0.6 is 0 Å². The molecule has 1 aromatic carbocycles. The third kappa shape index (κ3) is 3.89. The minimum absolute atomic E-state index is 0.0135. The van der Waals surface area contributed by atoms with Gasteiger partial charge in [-0.25, -0.2) is 4.79 Å². The summed E-state index contributed by atoms with van der Waals surface area (Å²) >= 11 is 0. The number of esters is 1. The molecule has 1 amide bonds. The maximum absolute atomic E-state index is 12.8. The molecule has 2 aliphatic rings. The van der Waals surface area contributed by atoms with Crippen LogP contribution < -0.4 is 4.74 Å². The van der Waals surface area contributed by atoms with E-state index in [1.807, 2.05) is 45.0 Å². The van der Waals surface area contributed by atoms with Crippen molar-refractivity contribution in [2.45, 2.75) is 63.6 Å². The topological polar surface area (TPSA) is 65.1 Å². The van der Waals surface area contributed by atoms with E-state index in [2.05, 4.69) is 0 Å². The lowest BCUT2D eigenvalue weighted by atomic mass is 9.76. The van der Waals surface area contributed by atoms with Crippen molar-refractivity contribution < 1.29 is 23.8 Å². The van der Waals surface area contributed by atoms with Gasteiger partial charge in [0.05, 0.1) is 20.1 Å². The largest absolute Gasteiger partial charge is 0.497 e. The lowest BCUT2D eigenvalue weighted by Gasteiger charge is -2.43. The quantitative estimate of drug-likeness (QED) is 0.753. The van der Waals surface area contributed by atoms with Crippen molar-refractivity contribution in [1.29, 1.82) is 0 Å². The van der Waals surface area contributed by atoms with Crippen LogP contribution in [0.2, 0.25) is 0 Å². The third-order valence-corrected chi connectivity index (χ3v) is 5.54. The lowest BCUT2D eigenvalue weighted by molar-refractivity contribution is -0.150. The molecule has 3 rings (SSSR count). The highest BCUT2D eigenvalue weighted by atomic mass is 16.6. The molecule has 2 fully saturated rings. The fourth-order valence-electron chi connectivity index (χ4n) is 4.46. The second-order valence-electron chi connectivity index (χ2n) is 8.35. The molecule has 4 atom stereocenters. The molecular formula is C21H29NO5. The lowest BCUT2D eigenvalue weighted by Crippen LogP contribution is -2.54. The first-order chi connectivity index (χ1) is 12.7. The summed E-state index contributed by atoms with van der Waals surface area (Å²) < 4.78 is 16.0.